The predicted octanol–water partition coefficient (Wildman–Crippen LogP) is 1.92. The average Bonchev–Trinajstić information content (AvgIpc) is 2.01. The van der Waals surface area contributed by atoms with Crippen LogP contribution >= 0.6 is 18.5 Å². The van der Waals surface area contributed by atoms with Gasteiger partial charge in [-0.2, -0.15) is 0 Å². The zero-order valence-electron chi connectivity index (χ0n) is 7.57. The average molecular weight is 252 g/mol. The topological polar surface area (TPSA) is 34.1 Å². The summed E-state index contributed by atoms with van der Waals surface area (Å²) in [6.07, 6.45) is 1.12. The van der Waals surface area contributed by atoms with Gasteiger partial charge in [0.05, 0.1) is 4.90 Å². The molecule has 1 aromatic carbocycles. The zero-order chi connectivity index (χ0) is 11.0. The van der Waals surface area contributed by atoms with E-state index in [1.54, 1.807) is 0 Å². The lowest BCUT2D eigenvalue weighted by atomic mass is 10.2. The van der Waals surface area contributed by atoms with Crippen LogP contribution < -0.4 is 0 Å². The van der Waals surface area contributed by atoms with Crippen LogP contribution in [-0.4, -0.2) is 14.7 Å². The van der Waals surface area contributed by atoms with E-state index in [9.17, 15) is 12.8 Å². The number of hydrogen-bond donors (Lipinski definition) is 0. The molecule has 6 heteroatoms. The van der Waals surface area contributed by atoms with Gasteiger partial charge in [0.2, 0.25) is 0 Å². The maximum Gasteiger partial charge on any atom is 0.175 e. The monoisotopic (exact) mass is 252 g/mol. The van der Waals surface area contributed by atoms with Gasteiger partial charge in [0.1, 0.15) is 0 Å². The first-order valence-corrected chi connectivity index (χ1v) is 6.83. The third kappa shape index (κ3) is 2.98. The molecule has 0 saturated carbocycles. The van der Waals surface area contributed by atoms with Gasteiger partial charge in [0.15, 0.2) is 15.0 Å². The van der Waals surface area contributed by atoms with Crippen LogP contribution in [0.4, 0.5) is 4.39 Å². The normalized spacial score (nSPS) is 12.9. The molecule has 0 fully saturated rings. The van der Waals surface area contributed by atoms with Crippen molar-refractivity contribution >= 4 is 28.3 Å². The Morgan fingerprint density at radius 1 is 1.21 bits per heavy atom. The Morgan fingerprint density at radius 2 is 1.64 bits per heavy atom. The van der Waals surface area contributed by atoms with Crippen LogP contribution in [0.2, 0.25) is 0 Å². The summed E-state index contributed by atoms with van der Waals surface area (Å²) >= 11 is 0. The predicted molar refractivity (Wildman–Crippen MR) is 61.8 cm³/mol. The summed E-state index contributed by atoms with van der Waals surface area (Å²) in [5, 5.41) is -1.60. The first-order valence-electron chi connectivity index (χ1n) is 3.78. The molecule has 2 atom stereocenters. The molecule has 1 rings (SSSR count). The Balaban J connectivity index is 3.14. The molecule has 0 bridgehead atoms. The summed E-state index contributed by atoms with van der Waals surface area (Å²) < 4.78 is 35.5. The standard InChI is InChI=1S/C8H11FO2P2S/c1-14(10,11)7-4-2-6(3-5-7)8(9,12)13/h2-5H,12-13H2,1H3. The molecule has 1 aromatic rings. The lowest BCUT2D eigenvalue weighted by Gasteiger charge is -2.14. The number of benzene rings is 1. The molecule has 0 aliphatic heterocycles. The number of halogens is 1. The van der Waals surface area contributed by atoms with Crippen molar-refractivity contribution in [3.8, 4) is 0 Å². The second-order valence-corrected chi connectivity index (χ2v) is 7.43. The van der Waals surface area contributed by atoms with Crippen LogP contribution in [-0.2, 0) is 15.0 Å². The van der Waals surface area contributed by atoms with Gasteiger partial charge in [-0.3, -0.25) is 0 Å². The van der Waals surface area contributed by atoms with Gasteiger partial charge in [-0.15, -0.1) is 0 Å². The van der Waals surface area contributed by atoms with Crippen molar-refractivity contribution in [3.05, 3.63) is 29.8 Å². The van der Waals surface area contributed by atoms with Crippen molar-refractivity contribution in [1.82, 2.24) is 0 Å². The Kier molecular flexibility index (Phi) is 3.30. The molecule has 0 N–H and O–H groups in total. The molecule has 78 valence electrons. The fourth-order valence-electron chi connectivity index (χ4n) is 0.958. The van der Waals surface area contributed by atoms with Gasteiger partial charge in [-0.05, 0) is 17.7 Å². The van der Waals surface area contributed by atoms with Crippen molar-refractivity contribution in [3.63, 3.8) is 0 Å². The molecule has 2 nitrogen and oxygen atoms in total. The largest absolute Gasteiger partial charge is 0.230 e. The first kappa shape index (κ1) is 12.0. The van der Waals surface area contributed by atoms with Crippen molar-refractivity contribution in [2.24, 2.45) is 0 Å². The number of rotatable bonds is 2. The van der Waals surface area contributed by atoms with E-state index < -0.39 is 15.0 Å². The molecule has 0 aliphatic rings. The van der Waals surface area contributed by atoms with Gasteiger partial charge in [-0.25, -0.2) is 12.8 Å². The van der Waals surface area contributed by atoms with E-state index >= 15 is 0 Å². The molecular weight excluding hydrogens is 241 g/mol. The van der Waals surface area contributed by atoms with E-state index in [1.165, 1.54) is 24.3 Å². The van der Waals surface area contributed by atoms with Crippen LogP contribution in [0, 0.1) is 0 Å². The highest BCUT2D eigenvalue weighted by Gasteiger charge is 2.19. The Bertz CT molecular complexity index is 420. The van der Waals surface area contributed by atoms with Crippen LogP contribution in [0.5, 0.6) is 0 Å². The van der Waals surface area contributed by atoms with E-state index in [2.05, 4.69) is 0 Å². The minimum absolute atomic E-state index is 0.195. The summed E-state index contributed by atoms with van der Waals surface area (Å²) in [5.74, 6) is 0. The lowest BCUT2D eigenvalue weighted by molar-refractivity contribution is 0.423. The van der Waals surface area contributed by atoms with Gasteiger partial charge in [0.25, 0.3) is 0 Å². The molecule has 0 spiro atoms. The molecule has 0 aliphatic carbocycles. The third-order valence-electron chi connectivity index (χ3n) is 1.72. The van der Waals surface area contributed by atoms with Crippen molar-refractivity contribution in [2.75, 3.05) is 6.26 Å². The number of alkyl halides is 1. The van der Waals surface area contributed by atoms with Crippen molar-refractivity contribution < 1.29 is 12.8 Å². The molecule has 0 aromatic heterocycles. The quantitative estimate of drug-likeness (QED) is 0.753. The van der Waals surface area contributed by atoms with E-state index in [1.807, 2.05) is 18.5 Å². The minimum atomic E-state index is -3.20. The maximum atomic E-state index is 13.3. The fourth-order valence-corrected chi connectivity index (χ4v) is 1.97. The Morgan fingerprint density at radius 3 is 1.93 bits per heavy atom. The van der Waals surface area contributed by atoms with E-state index in [-0.39, 0.29) is 4.90 Å². The second kappa shape index (κ2) is 3.84. The molecule has 2 unspecified atom stereocenters. The summed E-state index contributed by atoms with van der Waals surface area (Å²) in [6.45, 7) is 0. The first-order chi connectivity index (χ1) is 6.21. The second-order valence-electron chi connectivity index (χ2n) is 3.06. The molecular formula is C8H11FO2P2S. The van der Waals surface area contributed by atoms with Crippen LogP contribution in [0.25, 0.3) is 0 Å². The van der Waals surface area contributed by atoms with Crippen molar-refractivity contribution in [1.29, 1.82) is 0 Å². The molecule has 14 heavy (non-hydrogen) atoms. The molecule has 0 saturated heterocycles. The summed E-state index contributed by atoms with van der Waals surface area (Å²) in [5.41, 5.74) is 0.403. The summed E-state index contributed by atoms with van der Waals surface area (Å²) in [7, 11) is 0.846. The lowest BCUT2D eigenvalue weighted by Crippen LogP contribution is -2.02. The maximum absolute atomic E-state index is 13.3. The van der Waals surface area contributed by atoms with E-state index in [0.717, 1.165) is 6.26 Å². The van der Waals surface area contributed by atoms with Gasteiger partial charge in [-0.1, -0.05) is 30.6 Å². The number of sulfone groups is 1. The van der Waals surface area contributed by atoms with Crippen LogP contribution in [0.1, 0.15) is 5.56 Å². The minimum Gasteiger partial charge on any atom is -0.230 e. The molecule has 0 amide bonds. The van der Waals surface area contributed by atoms with E-state index in [0.29, 0.717) is 5.56 Å². The van der Waals surface area contributed by atoms with Gasteiger partial charge in [0, 0.05) is 6.26 Å². The van der Waals surface area contributed by atoms with Crippen LogP contribution in [0.3, 0.4) is 0 Å². The smallest absolute Gasteiger partial charge is 0.175 e. The highest BCUT2D eigenvalue weighted by atomic mass is 32.2. The Hall–Kier alpha value is -0.0400. The zero-order valence-corrected chi connectivity index (χ0v) is 10.7. The highest BCUT2D eigenvalue weighted by Crippen LogP contribution is 2.39. The van der Waals surface area contributed by atoms with Crippen molar-refractivity contribution in [2.45, 2.75) is 10.0 Å². The third-order valence-corrected chi connectivity index (χ3v) is 3.52. The van der Waals surface area contributed by atoms with Gasteiger partial charge < -0.3 is 0 Å². The van der Waals surface area contributed by atoms with E-state index in [4.69, 9.17) is 0 Å². The van der Waals surface area contributed by atoms with Crippen LogP contribution in [0.15, 0.2) is 29.2 Å². The SMILES string of the molecule is CS(=O)(=O)c1ccc(C(F)(P)P)cc1. The fraction of sp³-hybridized carbons (Fsp3) is 0.250. The Labute approximate surface area is 87.6 Å². The molecule has 0 heterocycles. The number of hydrogen-bond acceptors (Lipinski definition) is 2. The highest BCUT2D eigenvalue weighted by molar-refractivity contribution is 7.90. The van der Waals surface area contributed by atoms with Gasteiger partial charge >= 0.3 is 0 Å². The summed E-state index contributed by atoms with van der Waals surface area (Å²) in [4.78, 5) is 0.195. The molecule has 0 radical (unpaired) electrons. The summed E-state index contributed by atoms with van der Waals surface area (Å²) in [6, 6.07) is 5.70.